The van der Waals surface area contributed by atoms with Gasteiger partial charge in [0.15, 0.2) is 8.32 Å². The molecule has 5 nitrogen and oxygen atoms in total. The Bertz CT molecular complexity index is 833. The summed E-state index contributed by atoms with van der Waals surface area (Å²) in [5, 5.41) is 0.849. The first-order valence-electron chi connectivity index (χ1n) is 13.1. The molecule has 1 aromatic rings. The van der Waals surface area contributed by atoms with Gasteiger partial charge in [0.05, 0.1) is 18.8 Å². The maximum absolute atomic E-state index is 12.9. The van der Waals surface area contributed by atoms with Crippen LogP contribution in [0.1, 0.15) is 79.7 Å². The molecule has 0 saturated carbocycles. The Morgan fingerprint density at radius 2 is 1.83 bits per heavy atom. The molecule has 2 unspecified atom stereocenters. The first-order chi connectivity index (χ1) is 16.1. The monoisotopic (exact) mass is 525 g/mol. The van der Waals surface area contributed by atoms with Gasteiger partial charge in [-0.2, -0.15) is 0 Å². The van der Waals surface area contributed by atoms with Gasteiger partial charge in [0.25, 0.3) is 0 Å². The Balaban J connectivity index is 2.31. The van der Waals surface area contributed by atoms with Crippen molar-refractivity contribution in [2.24, 2.45) is 5.92 Å². The molecule has 1 heterocycles. The number of benzene rings is 1. The Morgan fingerprint density at radius 3 is 2.40 bits per heavy atom. The molecule has 2 atom stereocenters. The zero-order valence-electron chi connectivity index (χ0n) is 23.5. The number of piperidine rings is 1. The number of ether oxygens (including phenoxy) is 2. The van der Waals surface area contributed by atoms with Crippen LogP contribution in [0.25, 0.3) is 0 Å². The first-order valence-corrected chi connectivity index (χ1v) is 16.4. The SMILES string of the molecule is CCCC(OCCO[Si](C)(C)C(C)(C)C)(c1cccc(Cl)c1)C1CCCN(C(=O)OC(C)(C)C)C1. The minimum absolute atomic E-state index is 0.134. The second-order valence-electron chi connectivity index (χ2n) is 12.4. The topological polar surface area (TPSA) is 48.0 Å². The summed E-state index contributed by atoms with van der Waals surface area (Å²) < 4.78 is 19.0. The second-order valence-corrected chi connectivity index (χ2v) is 17.6. The summed E-state index contributed by atoms with van der Waals surface area (Å²) in [5.74, 6) is 0.134. The van der Waals surface area contributed by atoms with E-state index in [9.17, 15) is 4.79 Å². The lowest BCUT2D eigenvalue weighted by atomic mass is 9.74. The van der Waals surface area contributed by atoms with Crippen LogP contribution in [0, 0.1) is 5.92 Å². The van der Waals surface area contributed by atoms with Crippen LogP contribution in [0.2, 0.25) is 23.2 Å². The molecule has 7 heteroatoms. The standard InChI is InChI=1S/C28H48ClNO4Si/c1-10-16-28(22-13-11-15-24(29)20-22,32-18-19-33-35(8,9)27(5,6)7)23-14-12-17-30(21-23)25(31)34-26(2,3)4/h11,13,15,20,23H,10,12,14,16-19,21H2,1-9H3. The Kier molecular flexibility index (Phi) is 10.3. The number of carbonyl (C=O) groups is 1. The zero-order chi connectivity index (χ0) is 26.5. The van der Waals surface area contributed by atoms with E-state index < -0.39 is 19.5 Å². The molecule has 200 valence electrons. The summed E-state index contributed by atoms with van der Waals surface area (Å²) in [7, 11) is -1.87. The number of halogens is 1. The van der Waals surface area contributed by atoms with E-state index in [1.165, 1.54) is 0 Å². The highest BCUT2D eigenvalue weighted by atomic mass is 35.5. The molecule has 1 fully saturated rings. The van der Waals surface area contributed by atoms with Gasteiger partial charge in [0.1, 0.15) is 5.60 Å². The van der Waals surface area contributed by atoms with E-state index in [2.05, 4.69) is 46.9 Å². The van der Waals surface area contributed by atoms with E-state index in [0.29, 0.717) is 31.3 Å². The molecule has 1 aromatic carbocycles. The number of hydrogen-bond acceptors (Lipinski definition) is 4. The van der Waals surface area contributed by atoms with Crippen molar-refractivity contribution in [1.29, 1.82) is 0 Å². The quantitative estimate of drug-likeness (QED) is 0.242. The van der Waals surface area contributed by atoms with Crippen molar-refractivity contribution < 1.29 is 18.7 Å². The average Bonchev–Trinajstić information content (AvgIpc) is 2.74. The van der Waals surface area contributed by atoms with Crippen LogP contribution in [0.15, 0.2) is 24.3 Å². The molecular weight excluding hydrogens is 478 g/mol. The van der Waals surface area contributed by atoms with Gasteiger partial charge in [-0.3, -0.25) is 0 Å². The van der Waals surface area contributed by atoms with E-state index >= 15 is 0 Å². The van der Waals surface area contributed by atoms with Crippen molar-refractivity contribution in [2.45, 2.75) is 103 Å². The van der Waals surface area contributed by atoms with Crippen LogP contribution in [0.4, 0.5) is 4.79 Å². The van der Waals surface area contributed by atoms with E-state index in [1.54, 1.807) is 0 Å². The highest BCUT2D eigenvalue weighted by molar-refractivity contribution is 6.74. The number of hydrogen-bond donors (Lipinski definition) is 0. The largest absolute Gasteiger partial charge is 0.444 e. The van der Waals surface area contributed by atoms with Crippen LogP contribution in [0.5, 0.6) is 0 Å². The molecule has 0 N–H and O–H groups in total. The highest BCUT2D eigenvalue weighted by Crippen LogP contribution is 2.44. The zero-order valence-corrected chi connectivity index (χ0v) is 25.3. The third-order valence-corrected chi connectivity index (χ3v) is 12.2. The third kappa shape index (κ3) is 8.21. The summed E-state index contributed by atoms with van der Waals surface area (Å²) in [6.07, 6.45) is 3.45. The fraction of sp³-hybridized carbons (Fsp3) is 0.750. The van der Waals surface area contributed by atoms with Crippen molar-refractivity contribution in [3.05, 3.63) is 34.9 Å². The van der Waals surface area contributed by atoms with Crippen LogP contribution in [0.3, 0.4) is 0 Å². The van der Waals surface area contributed by atoms with E-state index in [1.807, 2.05) is 43.9 Å². The summed E-state index contributed by atoms with van der Waals surface area (Å²) in [6.45, 7) is 21.6. The molecule has 1 saturated heterocycles. The normalized spacial score (nSPS) is 19.4. The van der Waals surface area contributed by atoms with E-state index in [0.717, 1.165) is 31.2 Å². The summed E-state index contributed by atoms with van der Waals surface area (Å²) >= 11 is 6.45. The minimum atomic E-state index is -1.87. The molecule has 0 spiro atoms. The molecular formula is C28H48ClNO4Si. The maximum atomic E-state index is 12.9. The molecule has 0 radical (unpaired) electrons. The predicted octanol–water partition coefficient (Wildman–Crippen LogP) is 8.02. The molecule has 1 aliphatic heterocycles. The van der Waals surface area contributed by atoms with Gasteiger partial charge >= 0.3 is 6.09 Å². The molecule has 2 rings (SSSR count). The molecule has 1 amide bonds. The van der Waals surface area contributed by atoms with Crippen LogP contribution in [-0.4, -0.2) is 51.2 Å². The Labute approximate surface area is 220 Å². The molecule has 35 heavy (non-hydrogen) atoms. The fourth-order valence-electron chi connectivity index (χ4n) is 4.57. The fourth-order valence-corrected chi connectivity index (χ4v) is 5.78. The number of carbonyl (C=O) groups excluding carboxylic acids is 1. The van der Waals surface area contributed by atoms with Gasteiger partial charge in [0, 0.05) is 24.0 Å². The van der Waals surface area contributed by atoms with Crippen molar-refractivity contribution in [2.75, 3.05) is 26.3 Å². The minimum Gasteiger partial charge on any atom is -0.444 e. The van der Waals surface area contributed by atoms with Gasteiger partial charge in [-0.05, 0) is 75.9 Å². The predicted molar refractivity (Wildman–Crippen MR) is 148 cm³/mol. The van der Waals surface area contributed by atoms with Crippen LogP contribution >= 0.6 is 11.6 Å². The van der Waals surface area contributed by atoms with Crippen LogP contribution < -0.4 is 0 Å². The van der Waals surface area contributed by atoms with Crippen LogP contribution in [-0.2, 0) is 19.5 Å². The smallest absolute Gasteiger partial charge is 0.410 e. The lowest BCUT2D eigenvalue weighted by Crippen LogP contribution is -2.50. The van der Waals surface area contributed by atoms with Gasteiger partial charge in [-0.15, -0.1) is 0 Å². The molecule has 0 aromatic heterocycles. The van der Waals surface area contributed by atoms with Gasteiger partial charge in [-0.25, -0.2) is 4.79 Å². The van der Waals surface area contributed by atoms with Crippen molar-refractivity contribution >= 4 is 26.0 Å². The van der Waals surface area contributed by atoms with Gasteiger partial charge in [-0.1, -0.05) is 57.8 Å². The number of nitrogens with zero attached hydrogens (tertiary/aromatic N) is 1. The second kappa shape index (κ2) is 12.0. The van der Waals surface area contributed by atoms with Gasteiger partial charge in [0.2, 0.25) is 0 Å². The molecule has 1 aliphatic rings. The summed E-state index contributed by atoms with van der Waals surface area (Å²) in [6, 6.07) is 8.03. The Morgan fingerprint density at radius 1 is 1.14 bits per heavy atom. The first kappa shape index (κ1) is 30.1. The summed E-state index contributed by atoms with van der Waals surface area (Å²) in [4.78, 5) is 14.8. The molecule has 0 aliphatic carbocycles. The number of likely N-dealkylation sites (tertiary alicyclic amines) is 1. The Hall–Kier alpha value is -1.08. The van der Waals surface area contributed by atoms with Crippen molar-refractivity contribution in [3.8, 4) is 0 Å². The number of amides is 1. The lowest BCUT2D eigenvalue weighted by Gasteiger charge is -2.46. The van der Waals surface area contributed by atoms with E-state index in [4.69, 9.17) is 25.5 Å². The molecule has 0 bridgehead atoms. The lowest BCUT2D eigenvalue weighted by molar-refractivity contribution is -0.122. The maximum Gasteiger partial charge on any atom is 0.410 e. The highest BCUT2D eigenvalue weighted by Gasteiger charge is 2.44. The third-order valence-electron chi connectivity index (χ3n) is 7.38. The summed E-state index contributed by atoms with van der Waals surface area (Å²) in [5.41, 5.74) is 0.0156. The van der Waals surface area contributed by atoms with Crippen molar-refractivity contribution in [1.82, 2.24) is 4.90 Å². The van der Waals surface area contributed by atoms with E-state index in [-0.39, 0.29) is 17.0 Å². The van der Waals surface area contributed by atoms with Gasteiger partial charge < -0.3 is 18.8 Å². The number of rotatable bonds is 9. The van der Waals surface area contributed by atoms with Crippen molar-refractivity contribution in [3.63, 3.8) is 0 Å². The average molecular weight is 526 g/mol.